The van der Waals surface area contributed by atoms with Crippen LogP contribution in [0.4, 0.5) is 0 Å². The Morgan fingerprint density at radius 1 is 0.852 bits per heavy atom. The predicted molar refractivity (Wildman–Crippen MR) is 106 cm³/mol. The highest BCUT2D eigenvalue weighted by Crippen LogP contribution is 2.50. The summed E-state index contributed by atoms with van der Waals surface area (Å²) >= 11 is 0. The summed E-state index contributed by atoms with van der Waals surface area (Å²) in [5, 5.41) is 29.0. The van der Waals surface area contributed by atoms with Gasteiger partial charge in [-0.2, -0.15) is 0 Å². The second-order valence-electron chi connectivity index (χ2n) is 9.27. The van der Waals surface area contributed by atoms with E-state index in [0.29, 0.717) is 5.41 Å². The summed E-state index contributed by atoms with van der Waals surface area (Å²) in [6, 6.07) is 3.44. The van der Waals surface area contributed by atoms with E-state index in [4.69, 9.17) is 0 Å². The maximum absolute atomic E-state index is 11.2. The Hall–Kier alpha value is -1.71. The summed E-state index contributed by atoms with van der Waals surface area (Å²) in [5.74, 6) is -0.699. The van der Waals surface area contributed by atoms with E-state index in [2.05, 4.69) is 6.92 Å². The van der Waals surface area contributed by atoms with Gasteiger partial charge >= 0.3 is 5.97 Å². The third-order valence-electron chi connectivity index (χ3n) is 6.79. The van der Waals surface area contributed by atoms with Crippen molar-refractivity contribution < 1.29 is 20.1 Å². The van der Waals surface area contributed by atoms with Crippen molar-refractivity contribution in [3.8, 4) is 11.5 Å². The summed E-state index contributed by atoms with van der Waals surface area (Å²) in [6.45, 7) is 2.36. The van der Waals surface area contributed by atoms with Gasteiger partial charge < -0.3 is 15.3 Å². The topological polar surface area (TPSA) is 77.8 Å². The first-order valence-corrected chi connectivity index (χ1v) is 10.6. The third kappa shape index (κ3) is 5.40. The Morgan fingerprint density at radius 3 is 1.85 bits per heavy atom. The van der Waals surface area contributed by atoms with Crippen LogP contribution < -0.4 is 0 Å². The quantitative estimate of drug-likeness (QED) is 0.330. The Morgan fingerprint density at radius 2 is 1.37 bits per heavy atom. The molecule has 2 aliphatic rings. The highest BCUT2D eigenvalue weighted by atomic mass is 16.4. The molecule has 0 unspecified atom stereocenters. The van der Waals surface area contributed by atoms with Crippen LogP contribution in [0.3, 0.4) is 0 Å². The fourth-order valence-corrected chi connectivity index (χ4v) is 4.14. The number of aryl methyl sites for hydroxylation is 2. The molecule has 0 radical (unpaired) electrons. The van der Waals surface area contributed by atoms with E-state index in [1.165, 1.54) is 25.7 Å². The van der Waals surface area contributed by atoms with Crippen molar-refractivity contribution in [1.29, 1.82) is 0 Å². The smallest absolute Gasteiger partial charge is 0.309 e. The molecule has 0 atom stereocenters. The van der Waals surface area contributed by atoms with E-state index in [0.717, 1.165) is 68.9 Å². The number of hydrogen-bond acceptors (Lipinski definition) is 3. The van der Waals surface area contributed by atoms with E-state index >= 15 is 0 Å². The zero-order valence-corrected chi connectivity index (χ0v) is 16.6. The molecular formula is C23H34O4. The van der Waals surface area contributed by atoms with Gasteiger partial charge in [0.2, 0.25) is 0 Å². The average molecular weight is 375 g/mol. The molecule has 1 aromatic carbocycles. The molecule has 0 heterocycles. The van der Waals surface area contributed by atoms with Crippen molar-refractivity contribution >= 4 is 5.97 Å². The van der Waals surface area contributed by atoms with Crippen LogP contribution >= 0.6 is 0 Å². The van der Waals surface area contributed by atoms with Gasteiger partial charge in [-0.25, -0.2) is 0 Å². The van der Waals surface area contributed by atoms with Gasteiger partial charge in [-0.05, 0) is 92.9 Å². The number of phenols is 2. The van der Waals surface area contributed by atoms with Crippen LogP contribution in [0.25, 0.3) is 0 Å². The second-order valence-corrected chi connectivity index (χ2v) is 9.27. The number of carboxylic acid groups (broad SMARTS) is 1. The molecule has 0 bridgehead atoms. The maximum atomic E-state index is 11.2. The van der Waals surface area contributed by atoms with Crippen molar-refractivity contribution in [2.75, 3.05) is 0 Å². The van der Waals surface area contributed by atoms with E-state index in [9.17, 15) is 20.1 Å². The molecule has 0 aliphatic heterocycles. The highest BCUT2D eigenvalue weighted by molar-refractivity contribution is 5.77. The maximum Gasteiger partial charge on any atom is 0.309 e. The molecule has 2 saturated carbocycles. The molecule has 3 rings (SSSR count). The molecular weight excluding hydrogens is 340 g/mol. The minimum Gasteiger partial charge on any atom is -0.504 e. The van der Waals surface area contributed by atoms with E-state index in [-0.39, 0.29) is 11.5 Å². The minimum absolute atomic E-state index is 0.0277. The van der Waals surface area contributed by atoms with Crippen LogP contribution in [-0.2, 0) is 17.6 Å². The van der Waals surface area contributed by atoms with Crippen LogP contribution in [0.15, 0.2) is 12.1 Å². The van der Waals surface area contributed by atoms with Crippen molar-refractivity contribution in [2.24, 2.45) is 10.8 Å². The van der Waals surface area contributed by atoms with E-state index in [1.54, 1.807) is 12.1 Å². The third-order valence-corrected chi connectivity index (χ3v) is 6.79. The Balaban J connectivity index is 1.44. The molecule has 1 aromatic rings. The number of hydrogen-bond donors (Lipinski definition) is 3. The van der Waals surface area contributed by atoms with Gasteiger partial charge in [-0.15, -0.1) is 0 Å². The molecule has 27 heavy (non-hydrogen) atoms. The summed E-state index contributed by atoms with van der Waals surface area (Å²) in [6.07, 6.45) is 13.6. The summed E-state index contributed by atoms with van der Waals surface area (Å²) in [4.78, 5) is 11.2. The van der Waals surface area contributed by atoms with Gasteiger partial charge in [-0.3, -0.25) is 4.79 Å². The van der Waals surface area contributed by atoms with Gasteiger partial charge in [-0.1, -0.05) is 26.2 Å². The number of phenolic OH excluding ortho intramolecular Hbond substituents is 2. The van der Waals surface area contributed by atoms with Gasteiger partial charge in [0.15, 0.2) is 11.5 Å². The lowest BCUT2D eigenvalue weighted by atomic mass is 9.93. The Labute approximate surface area is 162 Å². The number of benzene rings is 1. The number of carbonyl (C=O) groups is 1. The molecule has 2 aliphatic carbocycles. The lowest BCUT2D eigenvalue weighted by Gasteiger charge is -2.13. The van der Waals surface area contributed by atoms with Gasteiger partial charge in [0.25, 0.3) is 0 Å². The zero-order chi connectivity index (χ0) is 19.5. The lowest BCUT2D eigenvalue weighted by Crippen LogP contribution is -2.14. The van der Waals surface area contributed by atoms with Crippen molar-refractivity contribution in [3.63, 3.8) is 0 Å². The van der Waals surface area contributed by atoms with Crippen LogP contribution in [0.5, 0.6) is 11.5 Å². The summed E-state index contributed by atoms with van der Waals surface area (Å²) in [7, 11) is 0. The predicted octanol–water partition coefficient (Wildman–Crippen LogP) is 5.58. The Bertz CT molecular complexity index is 671. The largest absolute Gasteiger partial charge is 0.504 e. The van der Waals surface area contributed by atoms with Crippen LogP contribution in [0, 0.1) is 10.8 Å². The molecule has 4 nitrogen and oxygen atoms in total. The van der Waals surface area contributed by atoms with Crippen molar-refractivity contribution in [1.82, 2.24) is 0 Å². The first kappa shape index (κ1) is 20.0. The number of aliphatic carboxylic acids is 1. The van der Waals surface area contributed by atoms with E-state index < -0.39 is 11.4 Å². The standard InChI is InChI=1S/C23H34O4/c1-22(11-12-22)9-6-4-8-18-16-20(25)19(24)15-17(18)7-3-2-5-10-23(13-14-23)21(26)27/h15-16,24-25H,2-14H2,1H3,(H,26,27). The average Bonchev–Trinajstić information content (AvgIpc) is 3.53. The molecule has 0 aromatic heterocycles. The molecule has 4 heteroatoms. The SMILES string of the molecule is CC1(CCCCc2cc(O)c(O)cc2CCCCCC2(C(=O)O)CC2)CC1. The molecule has 0 saturated heterocycles. The molecule has 150 valence electrons. The number of aromatic hydroxyl groups is 2. The van der Waals surface area contributed by atoms with Crippen molar-refractivity contribution in [3.05, 3.63) is 23.3 Å². The fraction of sp³-hybridized carbons (Fsp3) is 0.696. The first-order chi connectivity index (χ1) is 12.8. The summed E-state index contributed by atoms with van der Waals surface area (Å²) < 4.78 is 0. The van der Waals surface area contributed by atoms with Crippen LogP contribution in [0.1, 0.15) is 88.7 Å². The molecule has 3 N–H and O–H groups in total. The monoisotopic (exact) mass is 374 g/mol. The van der Waals surface area contributed by atoms with Gasteiger partial charge in [0.05, 0.1) is 5.41 Å². The van der Waals surface area contributed by atoms with E-state index in [1.807, 2.05) is 0 Å². The minimum atomic E-state index is -0.631. The summed E-state index contributed by atoms with van der Waals surface area (Å²) in [5.41, 5.74) is 2.45. The lowest BCUT2D eigenvalue weighted by molar-refractivity contribution is -0.143. The second kappa shape index (κ2) is 8.12. The highest BCUT2D eigenvalue weighted by Gasteiger charge is 2.49. The van der Waals surface area contributed by atoms with Gasteiger partial charge in [0, 0.05) is 0 Å². The van der Waals surface area contributed by atoms with Crippen LogP contribution in [-0.4, -0.2) is 21.3 Å². The fourth-order valence-electron chi connectivity index (χ4n) is 4.14. The molecule has 2 fully saturated rings. The molecule has 0 amide bonds. The zero-order valence-electron chi connectivity index (χ0n) is 16.6. The first-order valence-electron chi connectivity index (χ1n) is 10.6. The number of rotatable bonds is 12. The van der Waals surface area contributed by atoms with Gasteiger partial charge in [0.1, 0.15) is 0 Å². The molecule has 0 spiro atoms. The number of carboxylic acids is 1. The van der Waals surface area contributed by atoms with Crippen molar-refractivity contribution in [2.45, 2.75) is 90.4 Å². The Kier molecular flexibility index (Phi) is 6.02. The van der Waals surface area contributed by atoms with Crippen LogP contribution in [0.2, 0.25) is 0 Å². The number of unbranched alkanes of at least 4 members (excludes halogenated alkanes) is 3. The normalized spacial score (nSPS) is 19.0.